The molecule has 3 nitrogen and oxygen atoms in total. The average Bonchev–Trinajstić information content (AvgIpc) is 3.02. The first kappa shape index (κ1) is 18.5. The summed E-state index contributed by atoms with van der Waals surface area (Å²) >= 11 is 7.38. The largest absolute Gasteiger partial charge is 0.368 e. The number of hydrogen-bond acceptors (Lipinski definition) is 3. The Hall–Kier alpha value is -1.83. The van der Waals surface area contributed by atoms with Crippen molar-refractivity contribution in [1.82, 2.24) is 9.29 Å². The number of nitrogens with one attached hydrogen (secondary N) is 1. The van der Waals surface area contributed by atoms with Gasteiger partial charge in [0.2, 0.25) is 0 Å². The number of nitrogens with zero attached hydrogens (tertiary/aromatic N) is 2. The predicted molar refractivity (Wildman–Crippen MR) is 105 cm³/mol. The van der Waals surface area contributed by atoms with Gasteiger partial charge in [0.05, 0.1) is 10.4 Å². The van der Waals surface area contributed by atoms with Crippen LogP contribution in [0.2, 0.25) is 5.02 Å². The van der Waals surface area contributed by atoms with Gasteiger partial charge in [-0.25, -0.2) is 13.2 Å². The van der Waals surface area contributed by atoms with E-state index < -0.39 is 12.2 Å². The third-order valence-corrected chi connectivity index (χ3v) is 5.81. The van der Waals surface area contributed by atoms with Gasteiger partial charge < -0.3 is 10.2 Å². The van der Waals surface area contributed by atoms with E-state index in [2.05, 4.69) is 10.2 Å². The van der Waals surface area contributed by atoms with Crippen molar-refractivity contribution >= 4 is 40.1 Å². The fourth-order valence-corrected chi connectivity index (χ4v) is 4.45. The first-order chi connectivity index (χ1) is 13.0. The summed E-state index contributed by atoms with van der Waals surface area (Å²) in [7, 11) is 0. The highest BCUT2D eigenvalue weighted by atomic mass is 35.5. The van der Waals surface area contributed by atoms with E-state index >= 15 is 0 Å². The van der Waals surface area contributed by atoms with Crippen molar-refractivity contribution in [2.75, 3.05) is 31.1 Å². The van der Waals surface area contributed by atoms with Crippen LogP contribution in [-0.2, 0) is 0 Å². The van der Waals surface area contributed by atoms with Crippen molar-refractivity contribution in [3.05, 3.63) is 59.0 Å². The number of anilines is 1. The smallest absolute Gasteiger partial charge is 0.266 e. The number of fused-ring (bicyclic) bond motifs is 1. The zero-order valence-electron chi connectivity index (χ0n) is 14.3. The van der Waals surface area contributed by atoms with Crippen LogP contribution in [-0.4, -0.2) is 30.2 Å². The van der Waals surface area contributed by atoms with Crippen molar-refractivity contribution < 1.29 is 13.2 Å². The molecule has 0 saturated carbocycles. The van der Waals surface area contributed by atoms with Crippen LogP contribution in [0.4, 0.5) is 18.9 Å². The third-order valence-electron chi connectivity index (χ3n) is 4.57. The SMILES string of the molecule is Fc1ccccc1Sn1cc(C(F)F)c2c(N3CCNCC3)cc(Cl)cc21. The number of alkyl halides is 2. The molecule has 1 aliphatic heterocycles. The Morgan fingerprint density at radius 2 is 1.85 bits per heavy atom. The normalized spacial score (nSPS) is 15.1. The maximum absolute atomic E-state index is 14.1. The average molecular weight is 412 g/mol. The molecule has 0 aliphatic carbocycles. The second-order valence-electron chi connectivity index (χ2n) is 6.29. The summed E-state index contributed by atoms with van der Waals surface area (Å²) in [6, 6.07) is 9.67. The topological polar surface area (TPSA) is 20.2 Å². The molecule has 0 bridgehead atoms. The highest BCUT2D eigenvalue weighted by Crippen LogP contribution is 2.41. The molecule has 27 heavy (non-hydrogen) atoms. The molecule has 1 N–H and O–H groups in total. The second kappa shape index (κ2) is 7.66. The number of hydrogen-bond donors (Lipinski definition) is 1. The predicted octanol–water partition coefficient (Wildman–Crippen LogP) is 5.34. The van der Waals surface area contributed by atoms with Crippen LogP contribution in [0.1, 0.15) is 12.0 Å². The van der Waals surface area contributed by atoms with E-state index in [1.807, 2.05) is 0 Å². The van der Waals surface area contributed by atoms with Gasteiger partial charge in [0.15, 0.2) is 0 Å². The summed E-state index contributed by atoms with van der Waals surface area (Å²) in [4.78, 5) is 2.42. The van der Waals surface area contributed by atoms with E-state index in [-0.39, 0.29) is 5.56 Å². The highest BCUT2D eigenvalue weighted by Gasteiger charge is 2.24. The lowest BCUT2D eigenvalue weighted by atomic mass is 10.1. The highest BCUT2D eigenvalue weighted by molar-refractivity contribution is 7.98. The molecule has 1 aromatic heterocycles. The van der Waals surface area contributed by atoms with Crippen LogP contribution in [0.15, 0.2) is 47.5 Å². The van der Waals surface area contributed by atoms with E-state index in [1.165, 1.54) is 12.3 Å². The maximum atomic E-state index is 14.1. The van der Waals surface area contributed by atoms with E-state index in [0.29, 0.717) is 39.6 Å². The van der Waals surface area contributed by atoms with Crippen molar-refractivity contribution in [1.29, 1.82) is 0 Å². The Kier molecular flexibility index (Phi) is 5.25. The van der Waals surface area contributed by atoms with Gasteiger partial charge in [0, 0.05) is 54.0 Å². The molecular weight excluding hydrogens is 395 g/mol. The minimum absolute atomic E-state index is 0.0703. The quantitative estimate of drug-likeness (QED) is 0.626. The molecular formula is C19H17ClF3N3S. The molecule has 4 rings (SSSR count). The van der Waals surface area contributed by atoms with Gasteiger partial charge in [-0.1, -0.05) is 23.7 Å². The monoisotopic (exact) mass is 411 g/mol. The lowest BCUT2D eigenvalue weighted by molar-refractivity contribution is 0.153. The number of piperazine rings is 1. The Morgan fingerprint density at radius 3 is 2.56 bits per heavy atom. The zero-order valence-corrected chi connectivity index (χ0v) is 15.8. The molecule has 0 unspecified atom stereocenters. The van der Waals surface area contributed by atoms with Gasteiger partial charge in [-0.15, -0.1) is 0 Å². The summed E-state index contributed by atoms with van der Waals surface area (Å²) in [5, 5.41) is 4.19. The molecule has 3 aromatic rings. The molecule has 2 heterocycles. The second-order valence-corrected chi connectivity index (χ2v) is 7.74. The molecule has 0 amide bonds. The lowest BCUT2D eigenvalue weighted by Gasteiger charge is -2.30. The summed E-state index contributed by atoms with van der Waals surface area (Å²) in [5.41, 5.74) is 1.18. The molecule has 142 valence electrons. The molecule has 0 radical (unpaired) electrons. The fraction of sp³-hybridized carbons (Fsp3) is 0.263. The van der Waals surface area contributed by atoms with Crippen molar-refractivity contribution in [2.24, 2.45) is 0 Å². The standard InChI is InChI=1S/C19H17ClF3N3S/c20-12-9-15(25-7-5-24-6-8-25)18-13(19(22)23)11-26(16(18)10-12)27-17-4-2-1-3-14(17)21/h1-4,9-11,19,24H,5-8H2. The van der Waals surface area contributed by atoms with Gasteiger partial charge >= 0.3 is 0 Å². The zero-order chi connectivity index (χ0) is 19.0. The molecule has 0 atom stereocenters. The van der Waals surface area contributed by atoms with Gasteiger partial charge in [-0.2, -0.15) is 0 Å². The molecule has 1 fully saturated rings. The van der Waals surface area contributed by atoms with Gasteiger partial charge in [-0.05, 0) is 36.2 Å². The van der Waals surface area contributed by atoms with Crippen molar-refractivity contribution in [3.63, 3.8) is 0 Å². The van der Waals surface area contributed by atoms with Crippen LogP contribution in [0.25, 0.3) is 10.9 Å². The van der Waals surface area contributed by atoms with Crippen LogP contribution in [0.3, 0.4) is 0 Å². The van der Waals surface area contributed by atoms with Gasteiger partial charge in [0.25, 0.3) is 6.43 Å². The van der Waals surface area contributed by atoms with Crippen molar-refractivity contribution in [2.45, 2.75) is 11.3 Å². The van der Waals surface area contributed by atoms with Crippen LogP contribution in [0, 0.1) is 5.82 Å². The lowest BCUT2D eigenvalue weighted by Crippen LogP contribution is -2.43. The van der Waals surface area contributed by atoms with E-state index in [4.69, 9.17) is 11.6 Å². The molecule has 1 saturated heterocycles. The Labute approximate surface area is 164 Å². The number of benzene rings is 2. The molecule has 0 spiro atoms. The minimum atomic E-state index is -2.64. The van der Waals surface area contributed by atoms with Gasteiger partial charge in [0.1, 0.15) is 5.82 Å². The Balaban J connectivity index is 1.88. The Morgan fingerprint density at radius 1 is 1.11 bits per heavy atom. The summed E-state index contributed by atoms with van der Waals surface area (Å²) in [6.45, 7) is 2.99. The minimum Gasteiger partial charge on any atom is -0.368 e. The van der Waals surface area contributed by atoms with Crippen molar-refractivity contribution in [3.8, 4) is 0 Å². The molecule has 2 aromatic carbocycles. The summed E-state index contributed by atoms with van der Waals surface area (Å²) < 4.78 is 43.3. The third kappa shape index (κ3) is 3.63. The van der Waals surface area contributed by atoms with Crippen LogP contribution >= 0.6 is 23.5 Å². The van der Waals surface area contributed by atoms with Crippen LogP contribution < -0.4 is 10.2 Å². The van der Waals surface area contributed by atoms with E-state index in [9.17, 15) is 13.2 Å². The number of aromatic nitrogens is 1. The Bertz CT molecular complexity index is 970. The first-order valence-electron chi connectivity index (χ1n) is 8.56. The van der Waals surface area contributed by atoms with E-state index in [1.54, 1.807) is 34.3 Å². The number of rotatable bonds is 4. The van der Waals surface area contributed by atoms with E-state index in [0.717, 1.165) is 25.0 Å². The maximum Gasteiger partial charge on any atom is 0.266 e. The summed E-state index contributed by atoms with van der Waals surface area (Å²) in [5.74, 6) is -0.396. The summed E-state index contributed by atoms with van der Waals surface area (Å²) in [6.07, 6.45) is -1.26. The fourth-order valence-electron chi connectivity index (χ4n) is 3.33. The first-order valence-corrected chi connectivity index (χ1v) is 9.71. The van der Waals surface area contributed by atoms with Gasteiger partial charge in [-0.3, -0.25) is 3.97 Å². The van der Waals surface area contributed by atoms with Crippen LogP contribution in [0.5, 0.6) is 0 Å². The molecule has 1 aliphatic rings. The molecule has 8 heteroatoms. The number of halogens is 4.